The number of aliphatic hydroxyl groups excluding tert-OH is 1. The maximum Gasteiger partial charge on any atom is 0.306 e. The molecule has 3 heteroatoms. The lowest BCUT2D eigenvalue weighted by molar-refractivity contribution is -0.149. The second-order valence-electron chi connectivity index (χ2n) is 4.85. The van der Waals surface area contributed by atoms with Crippen LogP contribution in [0.15, 0.2) is 0 Å². The fraction of sp³-hybridized carbons (Fsp3) is 0.900. The summed E-state index contributed by atoms with van der Waals surface area (Å²) in [6.45, 7) is 4.16. The maximum absolute atomic E-state index is 11.1. The number of ether oxygens (including phenoxy) is 1. The Kier molecular flexibility index (Phi) is 1.88. The van der Waals surface area contributed by atoms with Crippen molar-refractivity contribution in [1.82, 2.24) is 0 Å². The van der Waals surface area contributed by atoms with E-state index < -0.39 is 6.10 Å². The Balaban J connectivity index is 2.23. The van der Waals surface area contributed by atoms with Gasteiger partial charge in [-0.05, 0) is 18.8 Å². The lowest BCUT2D eigenvalue weighted by Crippen LogP contribution is -2.44. The summed E-state index contributed by atoms with van der Waals surface area (Å²) < 4.78 is 5.14. The second-order valence-corrected chi connectivity index (χ2v) is 4.85. The minimum atomic E-state index is -0.458. The van der Waals surface area contributed by atoms with E-state index in [1.54, 1.807) is 0 Å². The number of aliphatic hydroxyl groups is 1. The minimum Gasteiger partial charge on any atom is -0.459 e. The van der Waals surface area contributed by atoms with Gasteiger partial charge in [-0.3, -0.25) is 4.79 Å². The molecule has 2 rings (SSSR count). The van der Waals surface area contributed by atoms with Crippen molar-refractivity contribution in [3.05, 3.63) is 0 Å². The van der Waals surface area contributed by atoms with Crippen LogP contribution in [-0.4, -0.2) is 23.3 Å². The van der Waals surface area contributed by atoms with Crippen LogP contribution in [0.1, 0.15) is 33.1 Å². The summed E-state index contributed by atoms with van der Waals surface area (Å²) in [5.74, 6) is 0.339. The smallest absolute Gasteiger partial charge is 0.306 e. The molecule has 2 fully saturated rings. The molecule has 0 spiro atoms. The summed E-state index contributed by atoms with van der Waals surface area (Å²) in [5, 5.41) is 9.76. The first kappa shape index (κ1) is 9.00. The van der Waals surface area contributed by atoms with Gasteiger partial charge in [-0.1, -0.05) is 13.8 Å². The topological polar surface area (TPSA) is 46.5 Å². The van der Waals surface area contributed by atoms with E-state index in [0.29, 0.717) is 12.3 Å². The Labute approximate surface area is 78.1 Å². The van der Waals surface area contributed by atoms with Crippen molar-refractivity contribution in [2.45, 2.75) is 45.3 Å². The lowest BCUT2D eigenvalue weighted by atomic mass is 9.68. The van der Waals surface area contributed by atoms with E-state index in [-0.39, 0.29) is 17.5 Å². The molecule has 2 aliphatic rings. The van der Waals surface area contributed by atoms with Gasteiger partial charge < -0.3 is 9.84 Å². The molecule has 0 aromatic carbocycles. The van der Waals surface area contributed by atoms with Crippen molar-refractivity contribution in [2.24, 2.45) is 11.3 Å². The molecule has 1 N–H and O–H groups in total. The zero-order valence-electron chi connectivity index (χ0n) is 8.12. The number of hydrogen-bond donors (Lipinski definition) is 1. The van der Waals surface area contributed by atoms with E-state index in [4.69, 9.17) is 4.74 Å². The van der Waals surface area contributed by atoms with Crippen molar-refractivity contribution in [3.8, 4) is 0 Å². The van der Waals surface area contributed by atoms with Gasteiger partial charge in [0.05, 0.1) is 12.5 Å². The number of esters is 1. The number of hydrogen-bond acceptors (Lipinski definition) is 3. The Hall–Kier alpha value is -0.570. The molecule has 74 valence electrons. The van der Waals surface area contributed by atoms with Gasteiger partial charge in [0.25, 0.3) is 0 Å². The Morgan fingerprint density at radius 2 is 2.31 bits per heavy atom. The van der Waals surface area contributed by atoms with Crippen LogP contribution in [0, 0.1) is 11.3 Å². The molecule has 13 heavy (non-hydrogen) atoms. The van der Waals surface area contributed by atoms with E-state index in [9.17, 15) is 9.90 Å². The van der Waals surface area contributed by atoms with Gasteiger partial charge in [0, 0.05) is 5.41 Å². The van der Waals surface area contributed by atoms with E-state index >= 15 is 0 Å². The Morgan fingerprint density at radius 1 is 1.62 bits per heavy atom. The first-order chi connectivity index (χ1) is 6.01. The van der Waals surface area contributed by atoms with Crippen molar-refractivity contribution in [2.75, 3.05) is 0 Å². The largest absolute Gasteiger partial charge is 0.459 e. The number of carbonyl (C=O) groups excluding carboxylic acids is 1. The molecule has 0 aromatic heterocycles. The first-order valence-electron chi connectivity index (χ1n) is 4.89. The van der Waals surface area contributed by atoms with E-state index in [2.05, 4.69) is 6.92 Å². The van der Waals surface area contributed by atoms with Gasteiger partial charge >= 0.3 is 5.97 Å². The predicted molar refractivity (Wildman–Crippen MR) is 47.0 cm³/mol. The van der Waals surface area contributed by atoms with Crippen molar-refractivity contribution in [3.63, 3.8) is 0 Å². The summed E-state index contributed by atoms with van der Waals surface area (Å²) in [7, 11) is 0. The fourth-order valence-corrected chi connectivity index (χ4v) is 2.90. The fourth-order valence-electron chi connectivity index (χ4n) is 2.90. The van der Waals surface area contributed by atoms with Gasteiger partial charge in [-0.25, -0.2) is 0 Å². The highest BCUT2D eigenvalue weighted by atomic mass is 16.6. The van der Waals surface area contributed by atoms with Crippen LogP contribution in [0.25, 0.3) is 0 Å². The molecular weight excluding hydrogens is 168 g/mol. The molecule has 4 atom stereocenters. The van der Waals surface area contributed by atoms with Gasteiger partial charge in [-0.15, -0.1) is 0 Å². The molecule has 1 aliphatic carbocycles. The van der Waals surface area contributed by atoms with Crippen LogP contribution in [0.5, 0.6) is 0 Å². The molecule has 0 aromatic rings. The van der Waals surface area contributed by atoms with Gasteiger partial charge in [0.1, 0.15) is 6.10 Å². The van der Waals surface area contributed by atoms with E-state index in [1.807, 2.05) is 6.92 Å². The predicted octanol–water partition coefficient (Wildman–Crippen LogP) is 1.10. The molecule has 0 bridgehead atoms. The summed E-state index contributed by atoms with van der Waals surface area (Å²) >= 11 is 0. The highest BCUT2D eigenvalue weighted by Gasteiger charge is 2.52. The third kappa shape index (κ3) is 1.35. The summed E-state index contributed by atoms with van der Waals surface area (Å²) in [5.41, 5.74) is -0.117. The molecule has 1 saturated carbocycles. The molecule has 3 nitrogen and oxygen atoms in total. The summed E-state index contributed by atoms with van der Waals surface area (Å²) in [6, 6.07) is 0. The minimum absolute atomic E-state index is 0.117. The Bertz CT molecular complexity index is 238. The normalized spacial score (nSPS) is 50.1. The summed E-state index contributed by atoms with van der Waals surface area (Å²) in [6.07, 6.45) is 1.50. The van der Waals surface area contributed by atoms with Crippen LogP contribution < -0.4 is 0 Å². The summed E-state index contributed by atoms with van der Waals surface area (Å²) in [4.78, 5) is 11.1. The number of fused-ring (bicyclic) bond motifs is 1. The van der Waals surface area contributed by atoms with Gasteiger partial charge in [-0.2, -0.15) is 0 Å². The standard InChI is InChI=1S/C10H16O3/c1-6-3-7(11)9-10(2,4-6)5-8(12)13-9/h6-7,9,11H,3-5H2,1-2H3. The lowest BCUT2D eigenvalue weighted by Gasteiger charge is -2.39. The van der Waals surface area contributed by atoms with Crippen molar-refractivity contribution >= 4 is 5.97 Å². The third-order valence-corrected chi connectivity index (χ3v) is 3.30. The van der Waals surface area contributed by atoms with E-state index in [0.717, 1.165) is 12.8 Å². The monoisotopic (exact) mass is 184 g/mol. The van der Waals surface area contributed by atoms with Crippen LogP contribution in [0.4, 0.5) is 0 Å². The number of carbonyl (C=O) groups is 1. The number of rotatable bonds is 0. The second kappa shape index (κ2) is 2.71. The van der Waals surface area contributed by atoms with E-state index in [1.165, 1.54) is 0 Å². The van der Waals surface area contributed by atoms with Gasteiger partial charge in [0.2, 0.25) is 0 Å². The molecular formula is C10H16O3. The zero-order chi connectivity index (χ0) is 9.64. The van der Waals surface area contributed by atoms with Crippen molar-refractivity contribution in [1.29, 1.82) is 0 Å². The maximum atomic E-state index is 11.1. The molecule has 1 saturated heterocycles. The quantitative estimate of drug-likeness (QED) is 0.573. The van der Waals surface area contributed by atoms with Crippen molar-refractivity contribution < 1.29 is 14.6 Å². The zero-order valence-corrected chi connectivity index (χ0v) is 8.12. The molecule has 1 aliphatic heterocycles. The van der Waals surface area contributed by atoms with Crippen LogP contribution >= 0.6 is 0 Å². The average molecular weight is 184 g/mol. The average Bonchev–Trinajstić information content (AvgIpc) is 2.23. The SMILES string of the molecule is CC1CC(O)C2OC(=O)CC2(C)C1. The van der Waals surface area contributed by atoms with Crippen LogP contribution in [0.2, 0.25) is 0 Å². The first-order valence-corrected chi connectivity index (χ1v) is 4.89. The van der Waals surface area contributed by atoms with Crippen LogP contribution in [0.3, 0.4) is 0 Å². The third-order valence-electron chi connectivity index (χ3n) is 3.30. The molecule has 4 unspecified atom stereocenters. The molecule has 1 heterocycles. The highest BCUT2D eigenvalue weighted by Crippen LogP contribution is 2.47. The molecule has 0 amide bonds. The molecule has 0 radical (unpaired) electrons. The van der Waals surface area contributed by atoms with Crippen LogP contribution in [-0.2, 0) is 9.53 Å². The van der Waals surface area contributed by atoms with Gasteiger partial charge in [0.15, 0.2) is 0 Å². The Morgan fingerprint density at radius 3 is 3.00 bits per heavy atom. The highest BCUT2D eigenvalue weighted by molar-refractivity contribution is 5.73.